The van der Waals surface area contributed by atoms with Crippen molar-refractivity contribution in [2.45, 2.75) is 69.2 Å². The number of Topliss-reactive ketones (excluding diaryl/α,β-unsaturated/α-hetero) is 4. The Morgan fingerprint density at radius 3 is 1.07 bits per heavy atom. The molecule has 0 heterocycles. The average molecular weight is 569 g/mol. The highest BCUT2D eigenvalue weighted by molar-refractivity contribution is 6.42. The van der Waals surface area contributed by atoms with E-state index in [9.17, 15) is 19.2 Å². The van der Waals surface area contributed by atoms with Crippen molar-refractivity contribution in [3.05, 3.63) is 107 Å². The van der Waals surface area contributed by atoms with E-state index in [1.54, 1.807) is 0 Å². The zero-order chi connectivity index (χ0) is 31.8. The van der Waals surface area contributed by atoms with E-state index in [1.807, 2.05) is 154 Å². The van der Waals surface area contributed by atoms with Gasteiger partial charge in [-0.3, -0.25) is 19.2 Å². The Labute approximate surface area is 253 Å². The van der Waals surface area contributed by atoms with Crippen LogP contribution in [-0.4, -0.2) is 23.1 Å². The van der Waals surface area contributed by atoms with Crippen molar-refractivity contribution in [1.82, 2.24) is 0 Å². The van der Waals surface area contributed by atoms with Crippen LogP contribution in [0.5, 0.6) is 0 Å². The molecule has 0 spiro atoms. The summed E-state index contributed by atoms with van der Waals surface area (Å²) < 4.78 is 0. The Balaban J connectivity index is 1.90. The first kappa shape index (κ1) is 34.5. The van der Waals surface area contributed by atoms with Crippen LogP contribution in [0.1, 0.15) is 69.2 Å². The quantitative estimate of drug-likeness (QED) is 0.196. The predicted octanol–water partition coefficient (Wildman–Crippen LogP) is 8.41. The standard InChI is InChI=1S/C38H48O4/c1-25(17-13-19-27(3)21-23-31-29(5)33(39)35(41)37(31,7)8)15-11-12-16-26(2)18-14-20-28(4)22-24-32-30(6)34(40)36(42)38(32,9)10/h11-24,29-32H,1-10H3/b12-11+,17-13+,18-14+,23-21?,24-22?,25-15+,26-16+,27-19+,28-20+. The lowest BCUT2D eigenvalue weighted by molar-refractivity contribution is -0.138. The highest BCUT2D eigenvalue weighted by atomic mass is 16.2. The molecular weight excluding hydrogens is 520 g/mol. The smallest absolute Gasteiger partial charge is 0.204 e. The van der Waals surface area contributed by atoms with Crippen LogP contribution in [-0.2, 0) is 19.2 Å². The Bertz CT molecular complexity index is 1260. The van der Waals surface area contributed by atoms with Crippen molar-refractivity contribution in [3.63, 3.8) is 0 Å². The van der Waals surface area contributed by atoms with Gasteiger partial charge in [0.05, 0.1) is 0 Å². The molecule has 0 amide bonds. The molecule has 2 rings (SSSR count). The minimum absolute atomic E-state index is 0.0842. The van der Waals surface area contributed by atoms with Crippen molar-refractivity contribution < 1.29 is 19.2 Å². The molecule has 2 aliphatic rings. The van der Waals surface area contributed by atoms with Gasteiger partial charge in [0.25, 0.3) is 0 Å². The van der Waals surface area contributed by atoms with E-state index >= 15 is 0 Å². The van der Waals surface area contributed by atoms with Crippen molar-refractivity contribution in [2.24, 2.45) is 34.5 Å². The summed E-state index contributed by atoms with van der Waals surface area (Å²) in [6.45, 7) is 19.2. The molecule has 224 valence electrons. The fraction of sp³-hybridized carbons (Fsp3) is 0.421. The monoisotopic (exact) mass is 568 g/mol. The molecule has 4 nitrogen and oxygen atoms in total. The van der Waals surface area contributed by atoms with E-state index < -0.39 is 10.8 Å². The summed E-state index contributed by atoms with van der Waals surface area (Å²) >= 11 is 0. The highest BCUT2D eigenvalue weighted by Gasteiger charge is 2.52. The molecule has 4 unspecified atom stereocenters. The summed E-state index contributed by atoms with van der Waals surface area (Å²) in [4.78, 5) is 48.6. The molecule has 2 fully saturated rings. The molecule has 0 bridgehead atoms. The molecule has 2 saturated carbocycles. The van der Waals surface area contributed by atoms with E-state index in [-0.39, 0.29) is 46.8 Å². The highest BCUT2D eigenvalue weighted by Crippen LogP contribution is 2.43. The molecular formula is C38H48O4. The molecule has 4 atom stereocenters. The number of carbonyl (C=O) groups excluding carboxylic acids is 4. The summed E-state index contributed by atoms with van der Waals surface area (Å²) in [5.41, 5.74) is 3.02. The van der Waals surface area contributed by atoms with Gasteiger partial charge in [0.1, 0.15) is 0 Å². The van der Waals surface area contributed by atoms with Crippen LogP contribution in [0.25, 0.3) is 0 Å². The third kappa shape index (κ3) is 8.44. The van der Waals surface area contributed by atoms with Gasteiger partial charge in [-0.2, -0.15) is 0 Å². The van der Waals surface area contributed by atoms with Crippen LogP contribution >= 0.6 is 0 Å². The van der Waals surface area contributed by atoms with E-state index in [2.05, 4.69) is 0 Å². The number of hydrogen-bond acceptors (Lipinski definition) is 4. The minimum atomic E-state index is -0.650. The van der Waals surface area contributed by atoms with Gasteiger partial charge in [-0.25, -0.2) is 0 Å². The molecule has 42 heavy (non-hydrogen) atoms. The first-order chi connectivity index (χ1) is 19.5. The molecule has 0 saturated heterocycles. The molecule has 0 aromatic rings. The molecule has 2 aliphatic carbocycles. The molecule has 0 aromatic heterocycles. The Kier molecular flexibility index (Phi) is 11.9. The van der Waals surface area contributed by atoms with Crippen molar-refractivity contribution in [3.8, 4) is 0 Å². The second-order valence-corrected chi connectivity index (χ2v) is 12.9. The number of rotatable bonds is 10. The topological polar surface area (TPSA) is 68.3 Å². The number of carbonyl (C=O) groups is 4. The summed E-state index contributed by atoms with van der Waals surface area (Å²) in [5, 5.41) is 0. The number of hydrogen-bond donors (Lipinski definition) is 0. The Hall–Kier alpha value is -3.66. The van der Waals surface area contributed by atoms with Gasteiger partial charge >= 0.3 is 0 Å². The number of ketones is 4. The first-order valence-electron chi connectivity index (χ1n) is 14.8. The zero-order valence-corrected chi connectivity index (χ0v) is 27.0. The molecule has 4 heteroatoms. The SMILES string of the molecule is C\C(C=CC1C(C)C(=O)C(=O)C1(C)C)=C/C=C/C(C)=C/C=C/C=C(C)/C=C/C=C(\C)C=CC1C(C)C(=O)C(=O)C1(C)C. The van der Waals surface area contributed by atoms with Crippen LogP contribution < -0.4 is 0 Å². The fourth-order valence-corrected chi connectivity index (χ4v) is 5.59. The van der Waals surface area contributed by atoms with Gasteiger partial charge in [0.15, 0.2) is 0 Å². The lowest BCUT2D eigenvalue weighted by Gasteiger charge is -2.23. The lowest BCUT2D eigenvalue weighted by Crippen LogP contribution is -2.26. The van der Waals surface area contributed by atoms with Gasteiger partial charge in [0, 0.05) is 22.7 Å². The van der Waals surface area contributed by atoms with E-state index in [1.165, 1.54) is 0 Å². The van der Waals surface area contributed by atoms with Gasteiger partial charge in [-0.15, -0.1) is 0 Å². The molecule has 0 aliphatic heterocycles. The van der Waals surface area contributed by atoms with E-state index in [4.69, 9.17) is 0 Å². The van der Waals surface area contributed by atoms with Crippen LogP contribution in [0.4, 0.5) is 0 Å². The second kappa shape index (κ2) is 14.5. The van der Waals surface area contributed by atoms with Crippen LogP contribution in [0, 0.1) is 34.5 Å². The van der Waals surface area contributed by atoms with Gasteiger partial charge in [-0.05, 0) is 39.5 Å². The largest absolute Gasteiger partial charge is 0.291 e. The summed E-state index contributed by atoms with van der Waals surface area (Å²) in [5.74, 6) is -1.79. The second-order valence-electron chi connectivity index (χ2n) is 12.9. The first-order valence-corrected chi connectivity index (χ1v) is 14.8. The number of allylic oxidation sites excluding steroid dienone is 18. The third-order valence-electron chi connectivity index (χ3n) is 8.59. The fourth-order valence-electron chi connectivity index (χ4n) is 5.59. The third-order valence-corrected chi connectivity index (χ3v) is 8.59. The minimum Gasteiger partial charge on any atom is -0.291 e. The average Bonchev–Trinajstić information content (AvgIpc) is 3.16. The van der Waals surface area contributed by atoms with Gasteiger partial charge in [-0.1, -0.05) is 149 Å². The summed E-state index contributed by atoms with van der Waals surface area (Å²) in [6.07, 6.45) is 28.2. The van der Waals surface area contributed by atoms with Gasteiger partial charge in [0.2, 0.25) is 23.1 Å². The Morgan fingerprint density at radius 1 is 0.500 bits per heavy atom. The maximum atomic E-state index is 12.2. The van der Waals surface area contributed by atoms with Crippen molar-refractivity contribution in [2.75, 3.05) is 0 Å². The summed E-state index contributed by atoms with van der Waals surface area (Å²) in [7, 11) is 0. The summed E-state index contributed by atoms with van der Waals surface area (Å²) in [6, 6.07) is 0. The molecule has 0 radical (unpaired) electrons. The zero-order valence-electron chi connectivity index (χ0n) is 27.0. The molecule has 0 aromatic carbocycles. The maximum Gasteiger partial charge on any atom is 0.204 e. The van der Waals surface area contributed by atoms with Crippen molar-refractivity contribution >= 4 is 23.1 Å². The maximum absolute atomic E-state index is 12.2. The van der Waals surface area contributed by atoms with E-state index in [0.717, 1.165) is 22.3 Å². The predicted molar refractivity (Wildman–Crippen MR) is 174 cm³/mol. The van der Waals surface area contributed by atoms with Crippen LogP contribution in [0.15, 0.2) is 107 Å². The van der Waals surface area contributed by atoms with Crippen LogP contribution in [0.2, 0.25) is 0 Å². The van der Waals surface area contributed by atoms with Crippen LogP contribution in [0.3, 0.4) is 0 Å². The van der Waals surface area contributed by atoms with Gasteiger partial charge < -0.3 is 0 Å². The Morgan fingerprint density at radius 2 is 0.786 bits per heavy atom. The normalized spacial score (nSPS) is 28.0. The molecule has 0 N–H and O–H groups in total. The van der Waals surface area contributed by atoms with E-state index in [0.29, 0.717) is 0 Å². The van der Waals surface area contributed by atoms with Crippen molar-refractivity contribution in [1.29, 1.82) is 0 Å². The lowest BCUT2D eigenvalue weighted by atomic mass is 9.78.